The fourth-order valence-corrected chi connectivity index (χ4v) is 8.73. The summed E-state index contributed by atoms with van der Waals surface area (Å²) in [7, 11) is 0. The van der Waals surface area contributed by atoms with Crippen LogP contribution in [0.4, 0.5) is 17.1 Å². The molecule has 1 heteroatoms. The zero-order valence-corrected chi connectivity index (χ0v) is 30.5. The molecule has 0 radical (unpaired) electrons. The molecule has 0 spiro atoms. The zero-order chi connectivity index (χ0) is 36.2. The lowest BCUT2D eigenvalue weighted by Gasteiger charge is -2.30. The van der Waals surface area contributed by atoms with Crippen molar-refractivity contribution in [2.24, 2.45) is 0 Å². The molecule has 1 nitrogen and oxygen atoms in total. The maximum Gasteiger partial charge on any atom is 0.0546 e. The van der Waals surface area contributed by atoms with E-state index in [0.29, 0.717) is 0 Å². The van der Waals surface area contributed by atoms with Gasteiger partial charge in [-0.2, -0.15) is 0 Å². The van der Waals surface area contributed by atoms with E-state index >= 15 is 0 Å². The first kappa shape index (κ1) is 32.0. The van der Waals surface area contributed by atoms with Crippen molar-refractivity contribution in [3.05, 3.63) is 211 Å². The molecule has 0 unspecified atom stereocenters. The summed E-state index contributed by atoms with van der Waals surface area (Å²) in [5, 5.41) is 5.00. The molecule has 0 saturated carbocycles. The Bertz CT molecular complexity index is 2830. The van der Waals surface area contributed by atoms with Crippen LogP contribution in [0.25, 0.3) is 66.1 Å². The van der Waals surface area contributed by atoms with E-state index in [9.17, 15) is 0 Å². The van der Waals surface area contributed by atoms with Crippen molar-refractivity contribution in [1.29, 1.82) is 0 Å². The Morgan fingerprint density at radius 3 is 1.57 bits per heavy atom. The Kier molecular flexibility index (Phi) is 7.56. The number of rotatable bonds is 6. The lowest BCUT2D eigenvalue weighted by molar-refractivity contribution is 0.661. The highest BCUT2D eigenvalue weighted by molar-refractivity contribution is 6.04. The van der Waals surface area contributed by atoms with E-state index in [4.69, 9.17) is 0 Å². The molecule has 256 valence electrons. The van der Waals surface area contributed by atoms with Gasteiger partial charge < -0.3 is 4.90 Å². The van der Waals surface area contributed by atoms with Crippen LogP contribution >= 0.6 is 0 Å². The fraction of sp³-hybridized carbons (Fsp3) is 0.0566. The predicted molar refractivity (Wildman–Crippen MR) is 230 cm³/mol. The second-order valence-electron chi connectivity index (χ2n) is 14.9. The maximum absolute atomic E-state index is 2.45. The summed E-state index contributed by atoms with van der Waals surface area (Å²) in [5.74, 6) is 0. The van der Waals surface area contributed by atoms with Crippen molar-refractivity contribution in [1.82, 2.24) is 0 Å². The normalized spacial score (nSPS) is 12.8. The van der Waals surface area contributed by atoms with Gasteiger partial charge in [-0.1, -0.05) is 172 Å². The van der Waals surface area contributed by atoms with Gasteiger partial charge in [0.15, 0.2) is 0 Å². The average molecular weight is 690 g/mol. The molecule has 0 atom stereocenters. The van der Waals surface area contributed by atoms with Gasteiger partial charge in [-0.15, -0.1) is 0 Å². The Hall–Kier alpha value is -6.70. The number of hydrogen-bond donors (Lipinski definition) is 0. The highest BCUT2D eigenvalue weighted by Gasteiger charge is 2.37. The van der Waals surface area contributed by atoms with Gasteiger partial charge in [0.25, 0.3) is 0 Å². The third-order valence-electron chi connectivity index (χ3n) is 11.4. The van der Waals surface area contributed by atoms with Gasteiger partial charge in [0.2, 0.25) is 0 Å². The van der Waals surface area contributed by atoms with Crippen molar-refractivity contribution in [2.75, 3.05) is 4.90 Å². The molecule has 0 aliphatic heterocycles. The van der Waals surface area contributed by atoms with Crippen molar-refractivity contribution in [3.8, 4) is 44.5 Å². The van der Waals surface area contributed by atoms with Gasteiger partial charge in [0.1, 0.15) is 0 Å². The van der Waals surface area contributed by atoms with Crippen LogP contribution in [0.5, 0.6) is 0 Å². The first-order valence-electron chi connectivity index (χ1n) is 18.8. The van der Waals surface area contributed by atoms with Crippen LogP contribution < -0.4 is 4.90 Å². The molecule has 0 N–H and O–H groups in total. The summed E-state index contributed by atoms with van der Waals surface area (Å²) in [6.07, 6.45) is 0. The molecule has 0 saturated heterocycles. The third kappa shape index (κ3) is 5.24. The summed E-state index contributed by atoms with van der Waals surface area (Å²) < 4.78 is 0. The van der Waals surface area contributed by atoms with Crippen molar-refractivity contribution in [3.63, 3.8) is 0 Å². The molecule has 0 amide bonds. The van der Waals surface area contributed by atoms with Gasteiger partial charge in [0, 0.05) is 22.4 Å². The van der Waals surface area contributed by atoms with E-state index in [-0.39, 0.29) is 5.41 Å². The molecule has 9 aromatic carbocycles. The molecule has 0 heterocycles. The van der Waals surface area contributed by atoms with E-state index < -0.39 is 0 Å². The van der Waals surface area contributed by atoms with Crippen LogP contribution in [0.2, 0.25) is 0 Å². The van der Waals surface area contributed by atoms with Crippen LogP contribution in [0.1, 0.15) is 25.0 Å². The molecular weight excluding hydrogens is 651 g/mol. The number of fused-ring (bicyclic) bond motifs is 5. The maximum atomic E-state index is 2.45. The first-order valence-corrected chi connectivity index (χ1v) is 18.8. The average Bonchev–Trinajstić information content (AvgIpc) is 3.46. The van der Waals surface area contributed by atoms with Crippen molar-refractivity contribution >= 4 is 38.6 Å². The third-order valence-corrected chi connectivity index (χ3v) is 11.4. The highest BCUT2D eigenvalue weighted by atomic mass is 15.1. The van der Waals surface area contributed by atoms with E-state index in [1.165, 1.54) is 77.2 Å². The SMILES string of the molecule is CC1(C)c2cc3ccccc3cc2-c2c(-c3cccc(N(c4ccc(-c5ccccc5)cc4)c4ccc5ccccc5c4)c3-c3ccccc3)cccc21. The van der Waals surface area contributed by atoms with Gasteiger partial charge in [0.05, 0.1) is 5.69 Å². The molecule has 9 aromatic rings. The molecule has 0 aromatic heterocycles. The van der Waals surface area contributed by atoms with Gasteiger partial charge >= 0.3 is 0 Å². The van der Waals surface area contributed by atoms with E-state index in [1.807, 2.05) is 0 Å². The zero-order valence-electron chi connectivity index (χ0n) is 30.5. The molecule has 0 bridgehead atoms. The number of nitrogens with zero attached hydrogens (tertiary/aromatic N) is 1. The Morgan fingerprint density at radius 2 is 0.870 bits per heavy atom. The molecule has 54 heavy (non-hydrogen) atoms. The Labute approximate surface area is 317 Å². The van der Waals surface area contributed by atoms with Crippen LogP contribution in [0, 0.1) is 0 Å². The van der Waals surface area contributed by atoms with Crippen LogP contribution in [0.15, 0.2) is 200 Å². The molecule has 10 rings (SSSR count). The molecule has 1 aliphatic rings. The fourth-order valence-electron chi connectivity index (χ4n) is 8.73. The second-order valence-corrected chi connectivity index (χ2v) is 14.9. The van der Waals surface area contributed by atoms with Crippen LogP contribution in [0.3, 0.4) is 0 Å². The summed E-state index contributed by atoms with van der Waals surface area (Å²) in [6.45, 7) is 4.76. The largest absolute Gasteiger partial charge is 0.310 e. The highest BCUT2D eigenvalue weighted by Crippen LogP contribution is 2.55. The van der Waals surface area contributed by atoms with Crippen LogP contribution in [-0.2, 0) is 5.41 Å². The van der Waals surface area contributed by atoms with Gasteiger partial charge in [-0.05, 0) is 114 Å². The van der Waals surface area contributed by atoms with E-state index in [1.54, 1.807) is 0 Å². The first-order chi connectivity index (χ1) is 26.5. The minimum absolute atomic E-state index is 0.132. The lowest BCUT2D eigenvalue weighted by atomic mass is 9.81. The number of hydrogen-bond acceptors (Lipinski definition) is 1. The minimum Gasteiger partial charge on any atom is -0.310 e. The standard InChI is InChI=1S/C53H39N/c1-53(2)48-25-13-23-46(52(48)47-34-41-21-11-12-22-42(41)35-49(47)53)45-24-14-26-50(51(45)39-18-7-4-8-19-39)54(44-32-29-37-17-9-10-20-40(37)33-44)43-30-27-38(28-31-43)36-15-5-3-6-16-36/h3-35H,1-2H3. The van der Waals surface area contributed by atoms with E-state index in [2.05, 4.69) is 219 Å². The second kappa shape index (κ2) is 12.8. The predicted octanol–water partition coefficient (Wildman–Crippen LogP) is 14.8. The molecular formula is C53H39N. The van der Waals surface area contributed by atoms with Crippen molar-refractivity contribution < 1.29 is 0 Å². The number of anilines is 3. The smallest absolute Gasteiger partial charge is 0.0546 e. The summed E-state index contributed by atoms with van der Waals surface area (Å²) in [6, 6.07) is 73.4. The monoisotopic (exact) mass is 689 g/mol. The summed E-state index contributed by atoms with van der Waals surface area (Å²) >= 11 is 0. The Balaban J connectivity index is 1.24. The molecule has 1 aliphatic carbocycles. The van der Waals surface area contributed by atoms with Crippen molar-refractivity contribution in [2.45, 2.75) is 19.3 Å². The van der Waals surface area contributed by atoms with E-state index in [0.717, 1.165) is 17.1 Å². The van der Waals surface area contributed by atoms with Gasteiger partial charge in [-0.25, -0.2) is 0 Å². The summed E-state index contributed by atoms with van der Waals surface area (Å²) in [4.78, 5) is 2.45. The lowest BCUT2D eigenvalue weighted by Crippen LogP contribution is -2.15. The van der Waals surface area contributed by atoms with Crippen LogP contribution in [-0.4, -0.2) is 0 Å². The molecule has 0 fully saturated rings. The van der Waals surface area contributed by atoms with Gasteiger partial charge in [-0.3, -0.25) is 0 Å². The quantitative estimate of drug-likeness (QED) is 0.168. The minimum atomic E-state index is -0.132. The summed E-state index contributed by atoms with van der Waals surface area (Å²) in [5.41, 5.74) is 15.9. The Morgan fingerprint density at radius 1 is 0.333 bits per heavy atom. The topological polar surface area (TPSA) is 3.24 Å². The number of benzene rings is 9.